The van der Waals surface area contributed by atoms with Gasteiger partial charge in [0, 0.05) is 22.3 Å². The lowest BCUT2D eigenvalue weighted by molar-refractivity contribution is 0.415. The molecule has 0 bridgehead atoms. The van der Waals surface area contributed by atoms with Crippen LogP contribution in [0.3, 0.4) is 0 Å². The molecule has 0 spiro atoms. The van der Waals surface area contributed by atoms with E-state index in [9.17, 15) is 9.65 Å². The molecule has 3 nitrogen and oxygen atoms in total. The average Bonchev–Trinajstić information content (AvgIpc) is 2.46. The SMILES string of the molecule is COc1cccc(NC(C#N)c2c(F)cccc2Cl)c1. The van der Waals surface area contributed by atoms with Crippen molar-refractivity contribution in [3.8, 4) is 11.8 Å². The summed E-state index contributed by atoms with van der Waals surface area (Å²) in [5, 5.41) is 12.4. The number of nitriles is 1. The van der Waals surface area contributed by atoms with Gasteiger partial charge in [-0.2, -0.15) is 5.26 Å². The highest BCUT2D eigenvalue weighted by atomic mass is 35.5. The first-order chi connectivity index (χ1) is 9.65. The topological polar surface area (TPSA) is 45.0 Å². The van der Waals surface area contributed by atoms with Gasteiger partial charge in [0.25, 0.3) is 0 Å². The first-order valence-electron chi connectivity index (χ1n) is 5.90. The van der Waals surface area contributed by atoms with E-state index in [0.717, 1.165) is 0 Å². The monoisotopic (exact) mass is 290 g/mol. The molecule has 2 rings (SSSR count). The second kappa shape index (κ2) is 6.27. The van der Waals surface area contributed by atoms with Crippen molar-refractivity contribution in [2.45, 2.75) is 6.04 Å². The third kappa shape index (κ3) is 3.01. The van der Waals surface area contributed by atoms with Gasteiger partial charge in [0.2, 0.25) is 0 Å². The number of rotatable bonds is 4. The van der Waals surface area contributed by atoms with Crippen LogP contribution in [-0.4, -0.2) is 7.11 Å². The van der Waals surface area contributed by atoms with Crippen LogP contribution >= 0.6 is 11.6 Å². The zero-order chi connectivity index (χ0) is 14.5. The van der Waals surface area contributed by atoms with E-state index >= 15 is 0 Å². The summed E-state index contributed by atoms with van der Waals surface area (Å²) in [5.41, 5.74) is 0.787. The van der Waals surface area contributed by atoms with E-state index in [0.29, 0.717) is 11.4 Å². The van der Waals surface area contributed by atoms with Crippen molar-refractivity contribution in [2.24, 2.45) is 0 Å². The molecule has 0 saturated heterocycles. The molecule has 0 heterocycles. The number of hydrogen-bond acceptors (Lipinski definition) is 3. The number of hydrogen-bond donors (Lipinski definition) is 1. The van der Waals surface area contributed by atoms with Crippen molar-refractivity contribution < 1.29 is 9.13 Å². The molecule has 1 atom stereocenters. The van der Waals surface area contributed by atoms with Crippen molar-refractivity contribution in [2.75, 3.05) is 12.4 Å². The Kier molecular flexibility index (Phi) is 4.44. The average molecular weight is 291 g/mol. The van der Waals surface area contributed by atoms with Crippen LogP contribution in [0, 0.1) is 17.1 Å². The Morgan fingerprint density at radius 1 is 1.30 bits per heavy atom. The third-order valence-corrected chi connectivity index (χ3v) is 3.13. The number of halogens is 2. The summed E-state index contributed by atoms with van der Waals surface area (Å²) < 4.78 is 18.9. The molecular weight excluding hydrogens is 279 g/mol. The first kappa shape index (κ1) is 14.2. The molecule has 0 radical (unpaired) electrons. The maximum Gasteiger partial charge on any atom is 0.144 e. The van der Waals surface area contributed by atoms with Crippen LogP contribution in [0.25, 0.3) is 0 Å². The van der Waals surface area contributed by atoms with E-state index in [-0.39, 0.29) is 10.6 Å². The van der Waals surface area contributed by atoms with Gasteiger partial charge in [-0.25, -0.2) is 4.39 Å². The van der Waals surface area contributed by atoms with Crippen molar-refractivity contribution in [3.63, 3.8) is 0 Å². The molecule has 1 unspecified atom stereocenters. The number of anilines is 1. The van der Waals surface area contributed by atoms with Crippen molar-refractivity contribution >= 4 is 17.3 Å². The van der Waals surface area contributed by atoms with E-state index in [2.05, 4.69) is 5.32 Å². The van der Waals surface area contributed by atoms with Crippen molar-refractivity contribution in [1.82, 2.24) is 0 Å². The summed E-state index contributed by atoms with van der Waals surface area (Å²) in [6.07, 6.45) is 0. The van der Waals surface area contributed by atoms with Crippen molar-refractivity contribution in [3.05, 3.63) is 58.9 Å². The number of ether oxygens (including phenoxy) is 1. The largest absolute Gasteiger partial charge is 0.497 e. The highest BCUT2D eigenvalue weighted by molar-refractivity contribution is 6.31. The summed E-state index contributed by atoms with van der Waals surface area (Å²) in [5.74, 6) is 0.130. The summed E-state index contributed by atoms with van der Waals surface area (Å²) in [6.45, 7) is 0. The summed E-state index contributed by atoms with van der Waals surface area (Å²) >= 11 is 5.97. The minimum atomic E-state index is -0.879. The van der Waals surface area contributed by atoms with Crippen LogP contribution in [0.15, 0.2) is 42.5 Å². The second-order valence-electron chi connectivity index (χ2n) is 4.07. The Labute approximate surface area is 121 Å². The molecular formula is C15H12ClFN2O. The molecule has 2 aromatic carbocycles. The van der Waals surface area contributed by atoms with E-state index in [1.165, 1.54) is 12.1 Å². The third-order valence-electron chi connectivity index (χ3n) is 2.80. The maximum atomic E-state index is 13.8. The van der Waals surface area contributed by atoms with Gasteiger partial charge >= 0.3 is 0 Å². The lowest BCUT2D eigenvalue weighted by Crippen LogP contribution is -2.11. The Balaban J connectivity index is 2.32. The molecule has 0 saturated carbocycles. The van der Waals surface area contributed by atoms with Gasteiger partial charge in [-0.1, -0.05) is 23.7 Å². The van der Waals surface area contributed by atoms with Crippen molar-refractivity contribution in [1.29, 1.82) is 5.26 Å². The zero-order valence-electron chi connectivity index (χ0n) is 10.7. The minimum absolute atomic E-state index is 0.138. The van der Waals surface area contributed by atoms with Gasteiger partial charge in [-0.3, -0.25) is 0 Å². The molecule has 0 aliphatic heterocycles. The fourth-order valence-electron chi connectivity index (χ4n) is 1.84. The normalized spacial score (nSPS) is 11.5. The van der Waals surface area contributed by atoms with Crippen LogP contribution in [-0.2, 0) is 0 Å². The fraction of sp³-hybridized carbons (Fsp3) is 0.133. The molecule has 0 aliphatic rings. The molecule has 0 aromatic heterocycles. The predicted molar refractivity (Wildman–Crippen MR) is 76.4 cm³/mol. The Morgan fingerprint density at radius 2 is 2.05 bits per heavy atom. The van der Waals surface area contributed by atoms with Crippen LogP contribution in [0.4, 0.5) is 10.1 Å². The summed E-state index contributed by atoms with van der Waals surface area (Å²) in [4.78, 5) is 0. The predicted octanol–water partition coefficient (Wildman–Crippen LogP) is 4.16. The molecule has 5 heteroatoms. The van der Waals surface area contributed by atoms with Gasteiger partial charge in [0.05, 0.1) is 13.2 Å². The Bertz CT molecular complexity index is 634. The van der Waals surface area contributed by atoms with Crippen LogP contribution in [0.5, 0.6) is 5.75 Å². The minimum Gasteiger partial charge on any atom is -0.497 e. The first-order valence-corrected chi connectivity index (χ1v) is 6.27. The highest BCUT2D eigenvalue weighted by Gasteiger charge is 2.18. The summed E-state index contributed by atoms with van der Waals surface area (Å²) in [7, 11) is 1.55. The van der Waals surface area contributed by atoms with E-state index in [1.54, 1.807) is 37.4 Å². The molecule has 0 fully saturated rings. The number of benzene rings is 2. The lowest BCUT2D eigenvalue weighted by atomic mass is 10.1. The number of methoxy groups -OCH3 is 1. The van der Waals surface area contributed by atoms with Crippen LogP contribution in [0.2, 0.25) is 5.02 Å². The standard InChI is InChI=1S/C15H12ClFN2O/c1-20-11-5-2-4-10(8-11)19-14(9-18)15-12(16)6-3-7-13(15)17/h2-8,14,19H,1H3. The van der Waals surface area contributed by atoms with Gasteiger partial charge in [0.1, 0.15) is 17.6 Å². The second-order valence-corrected chi connectivity index (χ2v) is 4.48. The lowest BCUT2D eigenvalue weighted by Gasteiger charge is -2.16. The van der Waals surface area contributed by atoms with E-state index < -0.39 is 11.9 Å². The summed E-state index contributed by atoms with van der Waals surface area (Å²) in [6, 6.07) is 12.5. The molecule has 2 aromatic rings. The zero-order valence-corrected chi connectivity index (χ0v) is 11.5. The number of nitrogens with zero attached hydrogens (tertiary/aromatic N) is 1. The molecule has 0 aliphatic carbocycles. The molecule has 102 valence electrons. The highest BCUT2D eigenvalue weighted by Crippen LogP contribution is 2.29. The van der Waals surface area contributed by atoms with Gasteiger partial charge in [-0.05, 0) is 24.3 Å². The molecule has 1 N–H and O–H groups in total. The smallest absolute Gasteiger partial charge is 0.144 e. The Hall–Kier alpha value is -2.25. The van der Waals surface area contributed by atoms with Gasteiger partial charge in [-0.15, -0.1) is 0 Å². The maximum absolute atomic E-state index is 13.8. The van der Waals surface area contributed by atoms with Gasteiger partial charge in [0.15, 0.2) is 0 Å². The van der Waals surface area contributed by atoms with E-state index in [4.69, 9.17) is 16.3 Å². The fourth-order valence-corrected chi connectivity index (χ4v) is 2.11. The number of nitrogens with one attached hydrogen (secondary N) is 1. The molecule has 20 heavy (non-hydrogen) atoms. The van der Waals surface area contributed by atoms with Gasteiger partial charge < -0.3 is 10.1 Å². The van der Waals surface area contributed by atoms with Crippen LogP contribution in [0.1, 0.15) is 11.6 Å². The van der Waals surface area contributed by atoms with Crippen LogP contribution < -0.4 is 10.1 Å². The quantitative estimate of drug-likeness (QED) is 0.919. The Morgan fingerprint density at radius 3 is 2.70 bits per heavy atom. The molecule has 0 amide bonds. The van der Waals surface area contributed by atoms with E-state index in [1.807, 2.05) is 6.07 Å².